The molecular weight excluding hydrogens is 270 g/mol. The van der Waals surface area contributed by atoms with Gasteiger partial charge in [0.25, 0.3) is 0 Å². The molecule has 1 heterocycles. The summed E-state index contributed by atoms with van der Waals surface area (Å²) in [6.45, 7) is 0.523. The van der Waals surface area contributed by atoms with Gasteiger partial charge < -0.3 is 5.11 Å². The summed E-state index contributed by atoms with van der Waals surface area (Å²) in [6.07, 6.45) is -0.589. The van der Waals surface area contributed by atoms with Crippen LogP contribution in [0.1, 0.15) is 5.56 Å². The van der Waals surface area contributed by atoms with Crippen LogP contribution in [0, 0.1) is 0 Å². The molecule has 100 valence electrons. The van der Waals surface area contributed by atoms with Crippen molar-refractivity contribution in [2.24, 2.45) is 0 Å². The fraction of sp³-hybridized carbons (Fsp3) is 0.500. The van der Waals surface area contributed by atoms with Crippen LogP contribution in [0.25, 0.3) is 0 Å². The van der Waals surface area contributed by atoms with Crippen molar-refractivity contribution >= 4 is 21.8 Å². The second-order valence-electron chi connectivity index (χ2n) is 4.32. The summed E-state index contributed by atoms with van der Waals surface area (Å²) in [5.41, 5.74) is 0.946. The molecule has 1 fully saturated rings. The fourth-order valence-corrected chi connectivity index (χ4v) is 4.73. The number of thioether (sulfide) groups is 1. The Kier molecular flexibility index (Phi) is 4.66. The van der Waals surface area contributed by atoms with Gasteiger partial charge in [0.1, 0.15) is 0 Å². The average Bonchev–Trinajstić information content (AvgIpc) is 2.34. The predicted octanol–water partition coefficient (Wildman–Crippen LogP) is 0.926. The first-order chi connectivity index (χ1) is 8.58. The Labute approximate surface area is 112 Å². The molecule has 1 saturated heterocycles. The third-order valence-electron chi connectivity index (χ3n) is 2.81. The van der Waals surface area contributed by atoms with Crippen LogP contribution >= 0.6 is 11.8 Å². The zero-order valence-electron chi connectivity index (χ0n) is 10.0. The molecule has 0 aromatic heterocycles. The molecule has 1 unspecified atom stereocenters. The van der Waals surface area contributed by atoms with E-state index >= 15 is 0 Å². The van der Waals surface area contributed by atoms with E-state index in [0.29, 0.717) is 18.1 Å². The van der Waals surface area contributed by atoms with Crippen molar-refractivity contribution in [3.63, 3.8) is 0 Å². The number of β-amino-alcohol motifs (C(OH)–C–C–N with tert-alkyl or cyclic N) is 1. The maximum absolute atomic E-state index is 12.1. The highest BCUT2D eigenvalue weighted by Crippen LogP contribution is 2.17. The van der Waals surface area contributed by atoms with Gasteiger partial charge in [-0.1, -0.05) is 30.3 Å². The molecule has 1 aromatic rings. The van der Waals surface area contributed by atoms with Crippen molar-refractivity contribution in [3.05, 3.63) is 35.9 Å². The molecule has 18 heavy (non-hydrogen) atoms. The monoisotopic (exact) mass is 287 g/mol. The van der Waals surface area contributed by atoms with Crippen LogP contribution < -0.4 is 0 Å². The van der Waals surface area contributed by atoms with Crippen molar-refractivity contribution in [1.82, 2.24) is 4.31 Å². The number of nitrogens with zero attached hydrogens (tertiary/aromatic N) is 1. The first-order valence-corrected chi connectivity index (χ1v) is 8.62. The van der Waals surface area contributed by atoms with Gasteiger partial charge in [-0.05, 0) is 5.56 Å². The van der Waals surface area contributed by atoms with E-state index in [1.54, 1.807) is 0 Å². The smallest absolute Gasteiger partial charge is 0.215 e. The van der Waals surface area contributed by atoms with E-state index < -0.39 is 16.1 Å². The van der Waals surface area contributed by atoms with E-state index in [-0.39, 0.29) is 12.3 Å². The lowest BCUT2D eigenvalue weighted by Gasteiger charge is -2.27. The van der Waals surface area contributed by atoms with E-state index in [4.69, 9.17) is 0 Å². The summed E-state index contributed by atoms with van der Waals surface area (Å²) in [5.74, 6) is 1.29. The Morgan fingerprint density at radius 3 is 2.78 bits per heavy atom. The van der Waals surface area contributed by atoms with Crippen molar-refractivity contribution in [3.8, 4) is 0 Å². The molecular formula is C12H17NO3S2. The number of hydrogen-bond donors (Lipinski definition) is 1. The summed E-state index contributed by atoms with van der Waals surface area (Å²) >= 11 is 1.49. The van der Waals surface area contributed by atoms with E-state index in [9.17, 15) is 13.5 Å². The van der Waals surface area contributed by atoms with Gasteiger partial charge in [-0.3, -0.25) is 0 Å². The van der Waals surface area contributed by atoms with Gasteiger partial charge in [0.05, 0.1) is 11.9 Å². The van der Waals surface area contributed by atoms with E-state index in [1.807, 2.05) is 30.3 Å². The number of rotatable bonds is 2. The van der Waals surface area contributed by atoms with Gasteiger partial charge in [0.2, 0.25) is 10.0 Å². The van der Waals surface area contributed by atoms with E-state index in [2.05, 4.69) is 0 Å². The number of sulfonamides is 1. The van der Waals surface area contributed by atoms with Crippen LogP contribution in [0.15, 0.2) is 30.3 Å². The zero-order chi connectivity index (χ0) is 13.0. The van der Waals surface area contributed by atoms with Gasteiger partial charge >= 0.3 is 0 Å². The van der Waals surface area contributed by atoms with Gasteiger partial charge in [-0.25, -0.2) is 8.42 Å². The Morgan fingerprint density at radius 2 is 2.06 bits per heavy atom. The number of benzene rings is 1. The summed E-state index contributed by atoms with van der Waals surface area (Å²) in [7, 11) is -3.26. The van der Waals surface area contributed by atoms with Gasteiger partial charge in [0.15, 0.2) is 0 Å². The Bertz CT molecular complexity index is 475. The van der Waals surface area contributed by atoms with Crippen LogP contribution in [0.4, 0.5) is 0 Å². The third kappa shape index (κ3) is 3.71. The molecule has 0 radical (unpaired) electrons. The number of hydrogen-bond acceptors (Lipinski definition) is 4. The highest BCUT2D eigenvalue weighted by molar-refractivity contribution is 8.00. The van der Waals surface area contributed by atoms with Crippen molar-refractivity contribution in [2.75, 3.05) is 23.8 Å². The van der Waals surface area contributed by atoms with Crippen LogP contribution in [0.2, 0.25) is 0 Å². The number of aliphatic hydroxyl groups is 1. The molecule has 1 atom stereocenters. The second kappa shape index (κ2) is 6.06. The van der Waals surface area contributed by atoms with Crippen LogP contribution in [0.5, 0.6) is 0 Å². The standard InChI is InChI=1S/C12H17NO3S2/c14-12-9-13(8-11-4-2-1-3-5-11)18(15,16)7-6-17-10-12/h1-5,12,14H,6-10H2. The maximum Gasteiger partial charge on any atom is 0.215 e. The molecule has 1 aliphatic rings. The largest absolute Gasteiger partial charge is 0.391 e. The lowest BCUT2D eigenvalue weighted by Crippen LogP contribution is -2.41. The van der Waals surface area contributed by atoms with Crippen molar-refractivity contribution in [2.45, 2.75) is 12.6 Å². The van der Waals surface area contributed by atoms with Crippen LogP contribution in [-0.4, -0.2) is 47.7 Å². The zero-order valence-corrected chi connectivity index (χ0v) is 11.7. The minimum absolute atomic E-state index is 0.150. The molecule has 0 saturated carbocycles. The predicted molar refractivity (Wildman–Crippen MR) is 74.0 cm³/mol. The SMILES string of the molecule is O=S1(=O)CCSCC(O)CN1Cc1ccccc1. The van der Waals surface area contributed by atoms with E-state index in [0.717, 1.165) is 5.56 Å². The minimum Gasteiger partial charge on any atom is -0.391 e. The van der Waals surface area contributed by atoms with Gasteiger partial charge in [0, 0.05) is 24.6 Å². The van der Waals surface area contributed by atoms with Crippen molar-refractivity contribution < 1.29 is 13.5 Å². The average molecular weight is 287 g/mol. The summed E-state index contributed by atoms with van der Waals surface area (Å²) in [5, 5.41) is 9.77. The highest BCUT2D eigenvalue weighted by Gasteiger charge is 2.26. The summed E-state index contributed by atoms with van der Waals surface area (Å²) in [4.78, 5) is 0. The fourth-order valence-electron chi connectivity index (χ4n) is 1.86. The molecule has 1 aromatic carbocycles. The second-order valence-corrected chi connectivity index (χ2v) is 7.56. The lowest BCUT2D eigenvalue weighted by molar-refractivity contribution is 0.165. The van der Waals surface area contributed by atoms with Crippen LogP contribution in [0.3, 0.4) is 0 Å². The van der Waals surface area contributed by atoms with Gasteiger partial charge in [-0.15, -0.1) is 0 Å². The first kappa shape index (κ1) is 13.9. The van der Waals surface area contributed by atoms with Gasteiger partial charge in [-0.2, -0.15) is 16.1 Å². The van der Waals surface area contributed by atoms with Crippen molar-refractivity contribution in [1.29, 1.82) is 0 Å². The van der Waals surface area contributed by atoms with E-state index in [1.165, 1.54) is 16.1 Å². The topological polar surface area (TPSA) is 57.6 Å². The Hall–Kier alpha value is -0.560. The van der Waals surface area contributed by atoms with Crippen LogP contribution in [-0.2, 0) is 16.6 Å². The molecule has 0 amide bonds. The molecule has 0 bridgehead atoms. The summed E-state index contributed by atoms with van der Waals surface area (Å²) in [6, 6.07) is 9.47. The molecule has 4 nitrogen and oxygen atoms in total. The quantitative estimate of drug-likeness (QED) is 0.879. The molecule has 1 aliphatic heterocycles. The normalized spacial score (nSPS) is 25.3. The Morgan fingerprint density at radius 1 is 1.33 bits per heavy atom. The first-order valence-electron chi connectivity index (χ1n) is 5.85. The molecule has 6 heteroatoms. The number of aliphatic hydroxyl groups excluding tert-OH is 1. The molecule has 0 aliphatic carbocycles. The molecule has 0 spiro atoms. The minimum atomic E-state index is -3.26. The molecule has 2 rings (SSSR count). The summed E-state index contributed by atoms with van der Waals surface area (Å²) < 4.78 is 25.6. The Balaban J connectivity index is 2.15. The highest BCUT2D eigenvalue weighted by atomic mass is 32.2. The maximum atomic E-state index is 12.1. The lowest BCUT2D eigenvalue weighted by atomic mass is 10.2. The molecule has 1 N–H and O–H groups in total. The third-order valence-corrected chi connectivity index (χ3v) is 5.96.